The predicted molar refractivity (Wildman–Crippen MR) is 77.8 cm³/mol. The fraction of sp³-hybridized carbons (Fsp3) is 0.571. The summed E-state index contributed by atoms with van der Waals surface area (Å²) in [5, 5.41) is 10.2. The Balaban J connectivity index is 2.36. The van der Waals surface area contributed by atoms with Gasteiger partial charge in [-0.3, -0.25) is 0 Å². The maximum atomic E-state index is 9.66. The molecule has 19 heavy (non-hydrogen) atoms. The molecule has 3 nitrogen and oxygen atoms in total. The minimum Gasteiger partial charge on any atom is -0.399 e. The molecule has 0 spiro atoms. The van der Waals surface area contributed by atoms with Gasteiger partial charge in [0.15, 0.2) is 0 Å². The second-order valence-electron chi connectivity index (χ2n) is 6.05. The summed E-state index contributed by atoms with van der Waals surface area (Å²) in [4.78, 5) is 0. The number of aliphatic hydroxyl groups excluding tert-OH is 1. The van der Waals surface area contributed by atoms with E-state index in [0.29, 0.717) is 5.02 Å². The van der Waals surface area contributed by atoms with E-state index in [1.165, 1.54) is 0 Å². The summed E-state index contributed by atoms with van der Waals surface area (Å²) in [5.74, 6) is 0. The Morgan fingerprint density at radius 1 is 1.16 bits per heavy atom. The quantitative estimate of drug-likeness (QED) is 0.848. The van der Waals surface area contributed by atoms with Crippen LogP contribution in [0.3, 0.4) is 0 Å². The third-order valence-electron chi connectivity index (χ3n) is 4.01. The van der Waals surface area contributed by atoms with E-state index in [9.17, 15) is 5.11 Å². The van der Waals surface area contributed by atoms with Gasteiger partial charge in [0.25, 0.3) is 0 Å². The lowest BCUT2D eigenvalue weighted by Crippen LogP contribution is -2.41. The molecule has 0 bridgehead atoms. The molecule has 1 atom stereocenters. The van der Waals surface area contributed by atoms with Crippen LogP contribution in [-0.4, -0.2) is 23.4 Å². The highest BCUT2D eigenvalue weighted by molar-refractivity contribution is 6.65. The van der Waals surface area contributed by atoms with Crippen molar-refractivity contribution in [2.24, 2.45) is 0 Å². The molecule has 2 rings (SSSR count). The maximum Gasteiger partial charge on any atom is 0.496 e. The average Bonchev–Trinajstić information content (AvgIpc) is 2.48. The van der Waals surface area contributed by atoms with E-state index in [-0.39, 0.29) is 0 Å². The molecule has 0 aromatic heterocycles. The van der Waals surface area contributed by atoms with Crippen molar-refractivity contribution in [3.63, 3.8) is 0 Å². The van der Waals surface area contributed by atoms with Gasteiger partial charge in [-0.05, 0) is 46.2 Å². The smallest absolute Gasteiger partial charge is 0.399 e. The van der Waals surface area contributed by atoms with Crippen LogP contribution in [0.1, 0.15) is 46.3 Å². The number of hydrogen-bond acceptors (Lipinski definition) is 3. The van der Waals surface area contributed by atoms with Crippen LogP contribution < -0.4 is 5.46 Å². The van der Waals surface area contributed by atoms with Crippen LogP contribution in [0.15, 0.2) is 18.2 Å². The van der Waals surface area contributed by atoms with Gasteiger partial charge in [-0.15, -0.1) is 0 Å². The summed E-state index contributed by atoms with van der Waals surface area (Å²) < 4.78 is 12.0. The van der Waals surface area contributed by atoms with Crippen LogP contribution >= 0.6 is 11.6 Å². The standard InChI is InChI=1S/C14H20BClO3/c1-9(17)10-6-7-12(16)11(8-10)15-18-13(2,3)14(4,5)19-15/h6-9,17H,1-5H3. The zero-order chi connectivity index (χ0) is 14.4. The second-order valence-corrected chi connectivity index (χ2v) is 6.45. The minimum absolute atomic E-state index is 0.401. The van der Waals surface area contributed by atoms with Crippen molar-refractivity contribution in [2.75, 3.05) is 0 Å². The molecule has 5 heteroatoms. The monoisotopic (exact) mass is 282 g/mol. The van der Waals surface area contributed by atoms with Gasteiger partial charge < -0.3 is 14.4 Å². The topological polar surface area (TPSA) is 38.7 Å². The van der Waals surface area contributed by atoms with Gasteiger partial charge in [0.05, 0.1) is 17.3 Å². The van der Waals surface area contributed by atoms with Crippen LogP contribution in [0.4, 0.5) is 0 Å². The zero-order valence-electron chi connectivity index (χ0n) is 12.0. The largest absolute Gasteiger partial charge is 0.496 e. The minimum atomic E-state index is -0.543. The molecule has 0 aliphatic carbocycles. The third kappa shape index (κ3) is 2.68. The van der Waals surface area contributed by atoms with E-state index in [1.54, 1.807) is 13.0 Å². The molecule has 1 fully saturated rings. The molecule has 0 amide bonds. The van der Waals surface area contributed by atoms with Crippen LogP contribution in [0, 0.1) is 0 Å². The average molecular weight is 283 g/mol. The van der Waals surface area contributed by atoms with Gasteiger partial charge in [-0.1, -0.05) is 23.7 Å². The van der Waals surface area contributed by atoms with Crippen LogP contribution in [0.5, 0.6) is 0 Å². The third-order valence-corrected chi connectivity index (χ3v) is 4.35. The summed E-state index contributed by atoms with van der Waals surface area (Å²) in [6, 6.07) is 5.42. The fourth-order valence-corrected chi connectivity index (χ4v) is 2.18. The molecule has 0 saturated carbocycles. The number of benzene rings is 1. The van der Waals surface area contributed by atoms with Crippen molar-refractivity contribution >= 4 is 24.2 Å². The van der Waals surface area contributed by atoms with Crippen LogP contribution in [-0.2, 0) is 9.31 Å². The van der Waals surface area contributed by atoms with Gasteiger partial charge in [0, 0.05) is 10.5 Å². The zero-order valence-corrected chi connectivity index (χ0v) is 12.8. The number of aliphatic hydroxyl groups is 1. The number of halogens is 1. The maximum absolute atomic E-state index is 9.66. The van der Waals surface area contributed by atoms with Crippen molar-refractivity contribution in [1.29, 1.82) is 0 Å². The molecule has 1 N–H and O–H groups in total. The molecule has 1 saturated heterocycles. The molecule has 104 valence electrons. The van der Waals surface area contributed by atoms with Crippen molar-refractivity contribution in [3.05, 3.63) is 28.8 Å². The van der Waals surface area contributed by atoms with E-state index in [0.717, 1.165) is 11.0 Å². The summed E-state index contributed by atoms with van der Waals surface area (Å²) in [6.07, 6.45) is -0.543. The van der Waals surface area contributed by atoms with E-state index >= 15 is 0 Å². The van der Waals surface area contributed by atoms with Crippen LogP contribution in [0.2, 0.25) is 5.02 Å². The normalized spacial score (nSPS) is 22.6. The molecule has 1 unspecified atom stereocenters. The van der Waals surface area contributed by atoms with E-state index < -0.39 is 24.4 Å². The highest BCUT2D eigenvalue weighted by Gasteiger charge is 2.52. The van der Waals surface area contributed by atoms with Crippen molar-refractivity contribution in [1.82, 2.24) is 0 Å². The Labute approximate surface area is 120 Å². The highest BCUT2D eigenvalue weighted by atomic mass is 35.5. The first kappa shape index (κ1) is 14.9. The summed E-state index contributed by atoms with van der Waals surface area (Å²) in [5.41, 5.74) is 0.761. The molecular formula is C14H20BClO3. The van der Waals surface area contributed by atoms with Gasteiger partial charge in [-0.2, -0.15) is 0 Å². The van der Waals surface area contributed by atoms with Crippen molar-refractivity contribution in [2.45, 2.75) is 51.9 Å². The number of hydrogen-bond donors (Lipinski definition) is 1. The summed E-state index contributed by atoms with van der Waals surface area (Å²) in [6.45, 7) is 9.72. The van der Waals surface area contributed by atoms with Crippen molar-refractivity contribution in [3.8, 4) is 0 Å². The Morgan fingerprint density at radius 2 is 1.68 bits per heavy atom. The first-order chi connectivity index (χ1) is 8.64. The Kier molecular flexibility index (Phi) is 3.73. The lowest BCUT2D eigenvalue weighted by atomic mass is 9.78. The van der Waals surface area contributed by atoms with E-state index in [4.69, 9.17) is 20.9 Å². The van der Waals surface area contributed by atoms with Gasteiger partial charge in [-0.25, -0.2) is 0 Å². The SMILES string of the molecule is CC(O)c1ccc(Cl)c(B2OC(C)(C)C(C)(C)O2)c1. The van der Waals surface area contributed by atoms with Crippen LogP contribution in [0.25, 0.3) is 0 Å². The second kappa shape index (κ2) is 4.78. The fourth-order valence-electron chi connectivity index (χ4n) is 1.97. The van der Waals surface area contributed by atoms with Crippen molar-refractivity contribution < 1.29 is 14.4 Å². The first-order valence-corrected chi connectivity index (χ1v) is 6.85. The molecule has 1 heterocycles. The summed E-state index contributed by atoms with van der Waals surface area (Å²) >= 11 is 6.23. The molecule has 1 aliphatic rings. The molecule has 1 aromatic carbocycles. The highest BCUT2D eigenvalue weighted by Crippen LogP contribution is 2.37. The van der Waals surface area contributed by atoms with Gasteiger partial charge in [0.2, 0.25) is 0 Å². The first-order valence-electron chi connectivity index (χ1n) is 6.47. The Morgan fingerprint density at radius 3 is 2.16 bits per heavy atom. The lowest BCUT2D eigenvalue weighted by molar-refractivity contribution is 0.00578. The Bertz CT molecular complexity index is 470. The van der Waals surface area contributed by atoms with Gasteiger partial charge in [0.1, 0.15) is 0 Å². The molecule has 0 radical (unpaired) electrons. The summed E-state index contributed by atoms with van der Waals surface area (Å²) in [7, 11) is -0.504. The van der Waals surface area contributed by atoms with E-state index in [2.05, 4.69) is 0 Å². The molecule has 1 aromatic rings. The Hall–Kier alpha value is -0.545. The molecular weight excluding hydrogens is 262 g/mol. The molecule has 1 aliphatic heterocycles. The van der Waals surface area contributed by atoms with Gasteiger partial charge >= 0.3 is 7.12 Å². The lowest BCUT2D eigenvalue weighted by Gasteiger charge is -2.32. The number of rotatable bonds is 2. The van der Waals surface area contributed by atoms with E-state index in [1.807, 2.05) is 39.8 Å². The predicted octanol–water partition coefficient (Wildman–Crippen LogP) is 2.69.